The molecule has 1 aliphatic heterocycles. The quantitative estimate of drug-likeness (QED) is 0.867. The molecule has 0 aliphatic carbocycles. The Morgan fingerprint density at radius 2 is 2.00 bits per heavy atom. The normalized spacial score (nSPS) is 25.3. The minimum Gasteiger partial charge on any atom is -0.258 e. The summed E-state index contributed by atoms with van der Waals surface area (Å²) in [5, 5.41) is 2.37. The highest BCUT2D eigenvalue weighted by Crippen LogP contribution is 2.22. The van der Waals surface area contributed by atoms with Crippen molar-refractivity contribution in [3.63, 3.8) is 0 Å². The second-order valence-corrected chi connectivity index (χ2v) is 6.72. The van der Waals surface area contributed by atoms with Crippen molar-refractivity contribution in [1.29, 1.82) is 0 Å². The van der Waals surface area contributed by atoms with Gasteiger partial charge in [0.15, 0.2) is 0 Å². The number of rotatable bonds is 3. The van der Waals surface area contributed by atoms with Crippen LogP contribution >= 0.6 is 31.9 Å². The van der Waals surface area contributed by atoms with Crippen LogP contribution in [0, 0.1) is 0 Å². The Balaban J connectivity index is 1.97. The minimum atomic E-state index is 0.600. The fourth-order valence-corrected chi connectivity index (χ4v) is 3.60. The topological polar surface area (TPSA) is 28.2 Å². The van der Waals surface area contributed by atoms with E-state index < -0.39 is 0 Å². The third-order valence-corrected chi connectivity index (χ3v) is 4.63. The van der Waals surface area contributed by atoms with Crippen LogP contribution in [0.4, 0.5) is 0 Å². The van der Waals surface area contributed by atoms with Crippen LogP contribution in [0.25, 0.3) is 0 Å². The number of piperidine rings is 1. The average Bonchev–Trinajstić information content (AvgIpc) is 2.31. The second kappa shape index (κ2) is 6.46. The summed E-state index contributed by atoms with van der Waals surface area (Å²) in [6.07, 6.45) is 5.71. The molecule has 0 amide bonds. The van der Waals surface area contributed by atoms with Gasteiger partial charge in [-0.15, -0.1) is 0 Å². The number of aromatic nitrogens is 1. The van der Waals surface area contributed by atoms with E-state index >= 15 is 0 Å². The van der Waals surface area contributed by atoms with Crippen LogP contribution in [-0.2, 0) is 6.54 Å². The van der Waals surface area contributed by atoms with Gasteiger partial charge < -0.3 is 0 Å². The first-order valence-electron chi connectivity index (χ1n) is 6.39. The number of nitrogens with one attached hydrogen (secondary N) is 1. The molecule has 1 aromatic heterocycles. The van der Waals surface area contributed by atoms with E-state index in [1.165, 1.54) is 19.3 Å². The van der Waals surface area contributed by atoms with Crippen LogP contribution in [0.15, 0.2) is 21.2 Å². The average molecular weight is 377 g/mol. The van der Waals surface area contributed by atoms with Crippen LogP contribution in [0.1, 0.15) is 38.8 Å². The molecule has 1 saturated heterocycles. The summed E-state index contributed by atoms with van der Waals surface area (Å²) in [6.45, 7) is 5.34. The third-order valence-electron chi connectivity index (χ3n) is 3.51. The highest BCUT2D eigenvalue weighted by atomic mass is 79.9. The highest BCUT2D eigenvalue weighted by Gasteiger charge is 2.24. The van der Waals surface area contributed by atoms with Gasteiger partial charge in [-0.2, -0.15) is 0 Å². The van der Waals surface area contributed by atoms with Gasteiger partial charge in [-0.3, -0.25) is 4.98 Å². The van der Waals surface area contributed by atoms with Crippen molar-refractivity contribution in [3.8, 4) is 0 Å². The molecule has 18 heavy (non-hydrogen) atoms. The molecule has 100 valence electrons. The zero-order valence-electron chi connectivity index (χ0n) is 10.8. The van der Waals surface area contributed by atoms with E-state index in [1.807, 2.05) is 12.3 Å². The zero-order chi connectivity index (χ0) is 13.1. The molecule has 2 rings (SSSR count). The maximum absolute atomic E-state index is 4.43. The molecule has 1 N–H and O–H groups in total. The maximum Gasteiger partial charge on any atom is 0.0698 e. The molecule has 0 bridgehead atoms. The van der Waals surface area contributed by atoms with E-state index in [2.05, 4.69) is 61.1 Å². The predicted octanol–water partition coefficient (Wildman–Crippen LogP) is 3.87. The third kappa shape index (κ3) is 3.53. The van der Waals surface area contributed by atoms with Crippen molar-refractivity contribution in [2.45, 2.75) is 51.7 Å². The van der Waals surface area contributed by atoms with Gasteiger partial charge in [-0.1, -0.05) is 6.42 Å². The Morgan fingerprint density at radius 1 is 1.33 bits per heavy atom. The van der Waals surface area contributed by atoms with E-state index in [0.717, 1.165) is 21.2 Å². The molecule has 2 atom stereocenters. The SMILES string of the molecule is CC1CCCC(C)N1NCc1ncc(Br)cc1Br. The molecule has 0 radical (unpaired) electrons. The summed E-state index contributed by atoms with van der Waals surface area (Å²) < 4.78 is 2.04. The van der Waals surface area contributed by atoms with Crippen molar-refractivity contribution in [2.24, 2.45) is 0 Å². The van der Waals surface area contributed by atoms with E-state index in [9.17, 15) is 0 Å². The van der Waals surface area contributed by atoms with Gasteiger partial charge in [0.1, 0.15) is 0 Å². The molecule has 0 spiro atoms. The van der Waals surface area contributed by atoms with Crippen LogP contribution in [0.2, 0.25) is 0 Å². The number of hydrogen-bond donors (Lipinski definition) is 1. The van der Waals surface area contributed by atoms with E-state index in [1.54, 1.807) is 0 Å². The maximum atomic E-state index is 4.43. The first-order valence-corrected chi connectivity index (χ1v) is 7.98. The lowest BCUT2D eigenvalue weighted by molar-refractivity contribution is 0.0430. The number of hydrogen-bond acceptors (Lipinski definition) is 3. The standard InChI is InChI=1S/C13H19Br2N3/c1-9-4-3-5-10(2)18(9)17-8-13-12(15)6-11(14)7-16-13/h6-7,9-10,17H,3-5,8H2,1-2H3. The van der Waals surface area contributed by atoms with Gasteiger partial charge in [0.05, 0.1) is 12.2 Å². The van der Waals surface area contributed by atoms with Gasteiger partial charge in [0.25, 0.3) is 0 Å². The van der Waals surface area contributed by atoms with Gasteiger partial charge >= 0.3 is 0 Å². The number of nitrogens with zero attached hydrogens (tertiary/aromatic N) is 2. The number of pyridine rings is 1. The predicted molar refractivity (Wildman–Crippen MR) is 81.1 cm³/mol. The lowest BCUT2D eigenvalue weighted by atomic mass is 10.00. The van der Waals surface area contributed by atoms with Gasteiger partial charge in [-0.25, -0.2) is 10.4 Å². The van der Waals surface area contributed by atoms with E-state index in [0.29, 0.717) is 12.1 Å². The Hall–Kier alpha value is 0.0300. The molecule has 1 aliphatic rings. The Labute approximate surface area is 126 Å². The van der Waals surface area contributed by atoms with Crippen molar-refractivity contribution >= 4 is 31.9 Å². The van der Waals surface area contributed by atoms with E-state index in [-0.39, 0.29) is 0 Å². The summed E-state index contributed by atoms with van der Waals surface area (Å²) >= 11 is 6.97. The zero-order valence-corrected chi connectivity index (χ0v) is 14.0. The van der Waals surface area contributed by atoms with E-state index in [4.69, 9.17) is 0 Å². The van der Waals surface area contributed by atoms with Crippen LogP contribution < -0.4 is 5.43 Å². The first-order chi connectivity index (χ1) is 8.58. The monoisotopic (exact) mass is 375 g/mol. The summed E-state index contributed by atoms with van der Waals surface area (Å²) in [7, 11) is 0. The fourth-order valence-electron chi connectivity index (χ4n) is 2.47. The highest BCUT2D eigenvalue weighted by molar-refractivity contribution is 9.11. The van der Waals surface area contributed by atoms with Crippen molar-refractivity contribution in [2.75, 3.05) is 0 Å². The van der Waals surface area contributed by atoms with Crippen molar-refractivity contribution in [1.82, 2.24) is 15.4 Å². The molecule has 5 heteroatoms. The molecular formula is C13H19Br2N3. The minimum absolute atomic E-state index is 0.600. The fraction of sp³-hybridized carbons (Fsp3) is 0.615. The second-order valence-electron chi connectivity index (χ2n) is 4.95. The smallest absolute Gasteiger partial charge is 0.0698 e. The molecule has 0 aromatic carbocycles. The van der Waals surface area contributed by atoms with Gasteiger partial charge in [0, 0.05) is 27.2 Å². The molecular weight excluding hydrogens is 358 g/mol. The van der Waals surface area contributed by atoms with Gasteiger partial charge in [0.2, 0.25) is 0 Å². The largest absolute Gasteiger partial charge is 0.258 e. The summed E-state index contributed by atoms with van der Waals surface area (Å²) in [6, 6.07) is 3.23. The molecule has 1 fully saturated rings. The number of halogens is 2. The van der Waals surface area contributed by atoms with Gasteiger partial charge in [-0.05, 0) is 64.6 Å². The Kier molecular flexibility index (Phi) is 5.18. The number of hydrazine groups is 1. The summed E-state index contributed by atoms with van der Waals surface area (Å²) in [4.78, 5) is 4.43. The molecule has 2 unspecified atom stereocenters. The Bertz CT molecular complexity index is 401. The summed E-state index contributed by atoms with van der Waals surface area (Å²) in [5.74, 6) is 0. The molecule has 3 nitrogen and oxygen atoms in total. The molecule has 1 aromatic rings. The molecule has 2 heterocycles. The lowest BCUT2D eigenvalue weighted by Gasteiger charge is -2.39. The van der Waals surface area contributed by atoms with Crippen LogP contribution in [0.5, 0.6) is 0 Å². The Morgan fingerprint density at radius 3 is 2.61 bits per heavy atom. The summed E-state index contributed by atoms with van der Waals surface area (Å²) in [5.41, 5.74) is 4.57. The molecule has 0 saturated carbocycles. The van der Waals surface area contributed by atoms with Crippen LogP contribution in [-0.4, -0.2) is 22.1 Å². The first kappa shape index (κ1) is 14.4. The van der Waals surface area contributed by atoms with Crippen molar-refractivity contribution in [3.05, 3.63) is 26.9 Å². The lowest BCUT2D eigenvalue weighted by Crippen LogP contribution is -2.51. The van der Waals surface area contributed by atoms with Crippen LogP contribution in [0.3, 0.4) is 0 Å². The van der Waals surface area contributed by atoms with Crippen molar-refractivity contribution < 1.29 is 0 Å².